The minimum Gasteiger partial charge on any atom is -0.324 e. The molecule has 0 bridgehead atoms. The lowest BCUT2D eigenvalue weighted by atomic mass is 9.65. The summed E-state index contributed by atoms with van der Waals surface area (Å²) in [7, 11) is 0. The van der Waals surface area contributed by atoms with Crippen LogP contribution in [-0.2, 0) is 0 Å². The van der Waals surface area contributed by atoms with E-state index >= 15 is 0 Å². The average molecular weight is 274 g/mol. The minimum atomic E-state index is 0.0522. The van der Waals surface area contributed by atoms with Gasteiger partial charge in [-0.3, -0.25) is 0 Å². The smallest absolute Gasteiger partial charge is 0.0662 e. The van der Waals surface area contributed by atoms with Gasteiger partial charge < -0.3 is 5.73 Å². The van der Waals surface area contributed by atoms with Crippen molar-refractivity contribution in [3.05, 3.63) is 12.2 Å². The van der Waals surface area contributed by atoms with Crippen molar-refractivity contribution in [2.24, 2.45) is 34.8 Å². The molecule has 2 rings (SSSR count). The normalized spacial score (nSPS) is 38.1. The van der Waals surface area contributed by atoms with Gasteiger partial charge >= 0.3 is 0 Å². The SMILES string of the molecule is C=C(C1[C@H](C#N)C[C@H](C)[C@@H]1C)[C@@H](N)C1(C)CCCCC1. The molecule has 0 amide bonds. The molecule has 2 heteroatoms. The van der Waals surface area contributed by atoms with Crippen LogP contribution in [0.15, 0.2) is 12.2 Å². The zero-order chi connectivity index (χ0) is 14.9. The second-order valence-electron chi connectivity index (χ2n) is 7.60. The first kappa shape index (κ1) is 15.6. The van der Waals surface area contributed by atoms with Gasteiger partial charge in [0.05, 0.1) is 12.0 Å². The maximum absolute atomic E-state index is 9.45. The van der Waals surface area contributed by atoms with Gasteiger partial charge in [-0.05, 0) is 42.4 Å². The Kier molecular flexibility index (Phi) is 4.59. The number of hydrogen-bond acceptors (Lipinski definition) is 2. The highest BCUT2D eigenvalue weighted by Crippen LogP contribution is 2.48. The molecule has 0 spiro atoms. The van der Waals surface area contributed by atoms with Crippen molar-refractivity contribution >= 4 is 0 Å². The number of nitriles is 1. The van der Waals surface area contributed by atoms with E-state index in [4.69, 9.17) is 5.73 Å². The molecule has 2 aliphatic carbocycles. The maximum Gasteiger partial charge on any atom is 0.0662 e. The van der Waals surface area contributed by atoms with E-state index in [0.29, 0.717) is 17.8 Å². The summed E-state index contributed by atoms with van der Waals surface area (Å²) in [4.78, 5) is 0. The fraction of sp³-hybridized carbons (Fsp3) is 0.833. The van der Waals surface area contributed by atoms with Gasteiger partial charge in [-0.2, -0.15) is 5.26 Å². The molecule has 5 atom stereocenters. The van der Waals surface area contributed by atoms with Gasteiger partial charge in [0.2, 0.25) is 0 Å². The summed E-state index contributed by atoms with van der Waals surface area (Å²) in [6.07, 6.45) is 7.34. The predicted octanol–water partition coefficient (Wildman–Crippen LogP) is 4.27. The molecule has 0 saturated heterocycles. The van der Waals surface area contributed by atoms with Crippen LogP contribution in [0.3, 0.4) is 0 Å². The Labute approximate surface area is 124 Å². The lowest BCUT2D eigenvalue weighted by Crippen LogP contribution is -2.44. The number of hydrogen-bond donors (Lipinski definition) is 1. The molecule has 0 heterocycles. The standard InChI is InChI=1S/C18H30N2/c1-12-10-15(11-19)16(13(12)2)14(3)17(20)18(4)8-6-5-7-9-18/h12-13,15-17H,3,5-10,20H2,1-2,4H3/t12-,13-,15-,16?,17+/m0/s1. The minimum absolute atomic E-state index is 0.0522. The Morgan fingerprint density at radius 1 is 1.30 bits per heavy atom. The van der Waals surface area contributed by atoms with Gasteiger partial charge in [-0.25, -0.2) is 0 Å². The molecular formula is C18H30N2. The third-order valence-electron chi connectivity index (χ3n) is 6.26. The van der Waals surface area contributed by atoms with Crippen LogP contribution < -0.4 is 5.73 Å². The second kappa shape index (κ2) is 5.90. The molecule has 0 aromatic heterocycles. The fourth-order valence-corrected chi connectivity index (χ4v) is 4.54. The molecule has 2 fully saturated rings. The van der Waals surface area contributed by atoms with Crippen LogP contribution in [-0.4, -0.2) is 6.04 Å². The third kappa shape index (κ3) is 2.66. The zero-order valence-electron chi connectivity index (χ0n) is 13.4. The molecule has 2 N–H and O–H groups in total. The number of nitrogens with zero attached hydrogens (tertiary/aromatic N) is 1. The second-order valence-corrected chi connectivity index (χ2v) is 7.60. The zero-order valence-corrected chi connectivity index (χ0v) is 13.4. The molecule has 20 heavy (non-hydrogen) atoms. The van der Waals surface area contributed by atoms with Crippen LogP contribution in [0.25, 0.3) is 0 Å². The fourth-order valence-electron chi connectivity index (χ4n) is 4.54. The Bertz CT molecular complexity index is 400. The summed E-state index contributed by atoms with van der Waals surface area (Å²) in [5.74, 6) is 1.55. The molecule has 2 saturated carbocycles. The van der Waals surface area contributed by atoms with Crippen LogP contribution >= 0.6 is 0 Å². The first-order valence-electron chi connectivity index (χ1n) is 8.24. The summed E-state index contributed by atoms with van der Waals surface area (Å²) in [6.45, 7) is 11.2. The molecule has 1 unspecified atom stereocenters. The lowest BCUT2D eigenvalue weighted by Gasteiger charge is -2.42. The molecular weight excluding hydrogens is 244 g/mol. The highest BCUT2D eigenvalue weighted by molar-refractivity contribution is 5.21. The lowest BCUT2D eigenvalue weighted by molar-refractivity contribution is 0.174. The Hall–Kier alpha value is -0.810. The topological polar surface area (TPSA) is 49.8 Å². The summed E-state index contributed by atoms with van der Waals surface area (Å²) < 4.78 is 0. The summed E-state index contributed by atoms with van der Waals surface area (Å²) in [6, 6.07) is 2.56. The van der Waals surface area contributed by atoms with Gasteiger partial charge in [0, 0.05) is 6.04 Å². The van der Waals surface area contributed by atoms with Crippen LogP contribution in [0.1, 0.15) is 59.3 Å². The highest BCUT2D eigenvalue weighted by atomic mass is 14.7. The Balaban J connectivity index is 2.15. The van der Waals surface area contributed by atoms with Crippen LogP contribution in [0.2, 0.25) is 0 Å². The third-order valence-corrected chi connectivity index (χ3v) is 6.26. The van der Waals surface area contributed by atoms with Gasteiger partial charge in [0.1, 0.15) is 0 Å². The predicted molar refractivity (Wildman–Crippen MR) is 83.8 cm³/mol. The molecule has 0 aliphatic heterocycles. The summed E-state index contributed by atoms with van der Waals surface area (Å²) >= 11 is 0. The monoisotopic (exact) mass is 274 g/mol. The largest absolute Gasteiger partial charge is 0.324 e. The van der Waals surface area contributed by atoms with Crippen molar-refractivity contribution in [2.75, 3.05) is 0 Å². The van der Waals surface area contributed by atoms with E-state index in [2.05, 4.69) is 33.4 Å². The Morgan fingerprint density at radius 2 is 1.90 bits per heavy atom. The quantitative estimate of drug-likeness (QED) is 0.781. The maximum atomic E-state index is 9.45. The summed E-state index contributed by atoms with van der Waals surface area (Å²) in [5.41, 5.74) is 7.97. The number of rotatable bonds is 3. The van der Waals surface area contributed by atoms with Gasteiger partial charge in [0.15, 0.2) is 0 Å². The molecule has 2 aliphatic rings. The number of nitrogens with two attached hydrogens (primary N) is 1. The van der Waals surface area contributed by atoms with Crippen LogP contribution in [0.4, 0.5) is 0 Å². The van der Waals surface area contributed by atoms with Crippen molar-refractivity contribution < 1.29 is 0 Å². The van der Waals surface area contributed by atoms with E-state index in [1.807, 2.05) is 0 Å². The van der Waals surface area contributed by atoms with Crippen molar-refractivity contribution in [3.8, 4) is 6.07 Å². The first-order chi connectivity index (χ1) is 9.40. The highest BCUT2D eigenvalue weighted by Gasteiger charge is 2.44. The van der Waals surface area contributed by atoms with Crippen molar-refractivity contribution in [1.29, 1.82) is 5.26 Å². The van der Waals surface area contributed by atoms with Crippen molar-refractivity contribution in [3.63, 3.8) is 0 Å². The van der Waals surface area contributed by atoms with E-state index in [9.17, 15) is 5.26 Å². The van der Waals surface area contributed by atoms with E-state index in [0.717, 1.165) is 12.0 Å². The average Bonchev–Trinajstić information content (AvgIpc) is 2.73. The van der Waals surface area contributed by atoms with Gasteiger partial charge in [-0.15, -0.1) is 0 Å². The molecule has 0 aromatic carbocycles. The molecule has 0 radical (unpaired) electrons. The van der Waals surface area contributed by atoms with Gasteiger partial charge in [-0.1, -0.05) is 52.2 Å². The van der Waals surface area contributed by atoms with Gasteiger partial charge in [0.25, 0.3) is 0 Å². The van der Waals surface area contributed by atoms with Crippen molar-refractivity contribution in [2.45, 2.75) is 65.3 Å². The van der Waals surface area contributed by atoms with Crippen LogP contribution in [0.5, 0.6) is 0 Å². The van der Waals surface area contributed by atoms with Crippen LogP contribution in [0, 0.1) is 40.4 Å². The summed E-state index contributed by atoms with van der Waals surface area (Å²) in [5, 5.41) is 9.45. The van der Waals surface area contributed by atoms with Crippen molar-refractivity contribution in [1.82, 2.24) is 0 Å². The molecule has 2 nitrogen and oxygen atoms in total. The van der Waals surface area contributed by atoms with E-state index in [1.54, 1.807) is 0 Å². The molecule has 0 aromatic rings. The Morgan fingerprint density at radius 3 is 2.45 bits per heavy atom. The van der Waals surface area contributed by atoms with E-state index < -0.39 is 0 Å². The molecule has 112 valence electrons. The first-order valence-corrected chi connectivity index (χ1v) is 8.24. The van der Waals surface area contributed by atoms with E-state index in [-0.39, 0.29) is 17.4 Å². The van der Waals surface area contributed by atoms with E-state index in [1.165, 1.54) is 32.1 Å².